The minimum Gasteiger partial charge on any atom is -0.370 e. The second kappa shape index (κ2) is 9.15. The molecule has 0 fully saturated rings. The van der Waals surface area contributed by atoms with Crippen molar-refractivity contribution in [1.29, 1.82) is 0 Å². The average molecular weight is 307 g/mol. The van der Waals surface area contributed by atoms with Gasteiger partial charge in [0.2, 0.25) is 0 Å². The summed E-state index contributed by atoms with van der Waals surface area (Å²) in [6, 6.07) is 7.37. The van der Waals surface area contributed by atoms with Crippen molar-refractivity contribution in [2.24, 2.45) is 5.73 Å². The third kappa shape index (κ3) is 5.37. The van der Waals surface area contributed by atoms with Crippen molar-refractivity contribution in [2.45, 2.75) is 25.5 Å². The number of hydrogen-bond acceptors (Lipinski definition) is 3. The summed E-state index contributed by atoms with van der Waals surface area (Å²) in [5, 5.41) is 3.59. The van der Waals surface area contributed by atoms with Gasteiger partial charge in [-0.05, 0) is 24.1 Å². The summed E-state index contributed by atoms with van der Waals surface area (Å²) >= 11 is 5.84. The predicted octanol–water partition coefficient (Wildman–Crippen LogP) is 2.30. The molecule has 1 aromatic carbocycles. The van der Waals surface area contributed by atoms with Gasteiger partial charge in [0, 0.05) is 18.7 Å². The first-order valence-corrected chi connectivity index (χ1v) is 6.28. The Balaban J connectivity index is 0.00000324. The zero-order valence-electron chi connectivity index (χ0n) is 11.1. The van der Waals surface area contributed by atoms with Crippen molar-refractivity contribution >= 4 is 29.9 Å². The highest BCUT2D eigenvalue weighted by molar-refractivity contribution is 6.30. The highest BCUT2D eigenvalue weighted by atomic mass is 35.5. The molecule has 0 aliphatic carbocycles. The number of carbonyl (C=O) groups is 1. The molecular weight excluding hydrogens is 287 g/mol. The standard InChI is InChI=1S/C13H19ClN2O2.ClH/c1-3-11(9-4-6-10(14)7-5-9)16-13(17)12(8-15)18-2;/h4-7,11-12H,3,8,15H2,1-2H3,(H,16,17);1H. The van der Waals surface area contributed by atoms with E-state index in [9.17, 15) is 4.79 Å². The van der Waals surface area contributed by atoms with Crippen LogP contribution in [0.2, 0.25) is 5.02 Å². The Morgan fingerprint density at radius 1 is 1.42 bits per heavy atom. The van der Waals surface area contributed by atoms with E-state index in [0.717, 1.165) is 12.0 Å². The molecule has 2 atom stereocenters. The normalized spacial score (nSPS) is 13.3. The Morgan fingerprint density at radius 2 is 2.00 bits per heavy atom. The fourth-order valence-corrected chi connectivity index (χ4v) is 1.82. The van der Waals surface area contributed by atoms with Gasteiger partial charge in [-0.2, -0.15) is 0 Å². The molecule has 2 unspecified atom stereocenters. The molecule has 6 heteroatoms. The summed E-state index contributed by atoms with van der Waals surface area (Å²) in [5.41, 5.74) is 6.47. The molecular formula is C13H20Cl2N2O2. The molecule has 1 aromatic rings. The lowest BCUT2D eigenvalue weighted by atomic mass is 10.0. The van der Waals surface area contributed by atoms with Crippen molar-refractivity contribution in [1.82, 2.24) is 5.32 Å². The van der Waals surface area contributed by atoms with Crippen molar-refractivity contribution in [3.8, 4) is 0 Å². The molecule has 0 saturated heterocycles. The van der Waals surface area contributed by atoms with Crippen LogP contribution in [0.1, 0.15) is 24.9 Å². The zero-order valence-corrected chi connectivity index (χ0v) is 12.6. The van der Waals surface area contributed by atoms with Crippen LogP contribution in [-0.4, -0.2) is 25.7 Å². The Kier molecular flexibility index (Phi) is 8.76. The van der Waals surface area contributed by atoms with E-state index in [0.29, 0.717) is 5.02 Å². The molecule has 0 bridgehead atoms. The maximum Gasteiger partial charge on any atom is 0.250 e. The third-order valence-corrected chi connectivity index (χ3v) is 3.04. The molecule has 0 aromatic heterocycles. The number of carbonyl (C=O) groups excluding carboxylic acids is 1. The molecule has 19 heavy (non-hydrogen) atoms. The van der Waals surface area contributed by atoms with Gasteiger partial charge in [-0.15, -0.1) is 12.4 Å². The van der Waals surface area contributed by atoms with E-state index in [1.54, 1.807) is 0 Å². The molecule has 0 radical (unpaired) electrons. The number of methoxy groups -OCH3 is 1. The summed E-state index contributed by atoms with van der Waals surface area (Å²) in [7, 11) is 1.47. The lowest BCUT2D eigenvalue weighted by Crippen LogP contribution is -2.42. The highest BCUT2D eigenvalue weighted by Crippen LogP contribution is 2.19. The van der Waals surface area contributed by atoms with Gasteiger partial charge in [-0.25, -0.2) is 0 Å². The van der Waals surface area contributed by atoms with Crippen LogP contribution < -0.4 is 11.1 Å². The van der Waals surface area contributed by atoms with Crippen LogP contribution in [0.25, 0.3) is 0 Å². The Hall–Kier alpha value is -0.810. The fraction of sp³-hybridized carbons (Fsp3) is 0.462. The van der Waals surface area contributed by atoms with Gasteiger partial charge in [-0.3, -0.25) is 4.79 Å². The van der Waals surface area contributed by atoms with E-state index in [1.807, 2.05) is 31.2 Å². The largest absolute Gasteiger partial charge is 0.370 e. The molecule has 1 rings (SSSR count). The Bertz CT molecular complexity index is 381. The maximum absolute atomic E-state index is 11.9. The van der Waals surface area contributed by atoms with Gasteiger partial charge in [-0.1, -0.05) is 30.7 Å². The van der Waals surface area contributed by atoms with Crippen LogP contribution in [0.5, 0.6) is 0 Å². The first-order valence-electron chi connectivity index (χ1n) is 5.91. The number of ether oxygens (including phenoxy) is 1. The zero-order chi connectivity index (χ0) is 13.5. The molecule has 3 N–H and O–H groups in total. The van der Waals surface area contributed by atoms with E-state index in [2.05, 4.69) is 5.32 Å². The molecule has 108 valence electrons. The number of nitrogens with two attached hydrogens (primary N) is 1. The summed E-state index contributed by atoms with van der Waals surface area (Å²) in [6.07, 6.45) is 0.181. The van der Waals surface area contributed by atoms with Crippen molar-refractivity contribution in [3.05, 3.63) is 34.9 Å². The minimum absolute atomic E-state index is 0. The molecule has 1 amide bonds. The SMILES string of the molecule is CCC(NC(=O)C(CN)OC)c1ccc(Cl)cc1.Cl. The number of halogens is 2. The van der Waals surface area contributed by atoms with Crippen LogP contribution in [0.3, 0.4) is 0 Å². The molecule has 4 nitrogen and oxygen atoms in total. The summed E-state index contributed by atoms with van der Waals surface area (Å²) < 4.78 is 5.00. The van der Waals surface area contributed by atoms with Crippen molar-refractivity contribution < 1.29 is 9.53 Å². The second-order valence-corrected chi connectivity index (χ2v) is 4.42. The quantitative estimate of drug-likeness (QED) is 0.847. The van der Waals surface area contributed by atoms with Gasteiger partial charge < -0.3 is 15.8 Å². The first-order chi connectivity index (χ1) is 8.62. The lowest BCUT2D eigenvalue weighted by Gasteiger charge is -2.20. The molecule has 0 spiro atoms. The summed E-state index contributed by atoms with van der Waals surface area (Å²) in [4.78, 5) is 11.9. The summed E-state index contributed by atoms with van der Waals surface area (Å²) in [6.45, 7) is 2.17. The van der Waals surface area contributed by atoms with E-state index < -0.39 is 6.10 Å². The van der Waals surface area contributed by atoms with Gasteiger partial charge in [0.05, 0.1) is 6.04 Å². The Labute approximate surface area is 125 Å². The highest BCUT2D eigenvalue weighted by Gasteiger charge is 2.19. The Morgan fingerprint density at radius 3 is 2.42 bits per heavy atom. The monoisotopic (exact) mass is 306 g/mol. The third-order valence-electron chi connectivity index (χ3n) is 2.79. The lowest BCUT2D eigenvalue weighted by molar-refractivity contribution is -0.131. The van der Waals surface area contributed by atoms with Gasteiger partial charge in [0.25, 0.3) is 5.91 Å². The minimum atomic E-state index is -0.605. The number of hydrogen-bond donors (Lipinski definition) is 2. The van der Waals surface area contributed by atoms with Crippen LogP contribution in [0, 0.1) is 0 Å². The summed E-state index contributed by atoms with van der Waals surface area (Å²) in [5.74, 6) is -0.193. The average Bonchev–Trinajstić information content (AvgIpc) is 2.38. The molecule has 0 aliphatic rings. The van der Waals surface area contributed by atoms with Gasteiger partial charge in [0.1, 0.15) is 6.10 Å². The van der Waals surface area contributed by atoms with Crippen molar-refractivity contribution in [2.75, 3.05) is 13.7 Å². The van der Waals surface area contributed by atoms with Crippen LogP contribution in [0.4, 0.5) is 0 Å². The van der Waals surface area contributed by atoms with Gasteiger partial charge in [0.15, 0.2) is 0 Å². The predicted molar refractivity (Wildman–Crippen MR) is 79.7 cm³/mol. The molecule has 0 saturated carbocycles. The maximum atomic E-state index is 11.9. The number of nitrogens with one attached hydrogen (secondary N) is 1. The van der Waals surface area contributed by atoms with Crippen LogP contribution in [-0.2, 0) is 9.53 Å². The number of amides is 1. The number of rotatable bonds is 6. The first kappa shape index (κ1) is 18.2. The smallest absolute Gasteiger partial charge is 0.250 e. The second-order valence-electron chi connectivity index (χ2n) is 3.98. The molecule has 0 aliphatic heterocycles. The molecule has 0 heterocycles. The van der Waals surface area contributed by atoms with Crippen molar-refractivity contribution in [3.63, 3.8) is 0 Å². The van der Waals surface area contributed by atoms with Gasteiger partial charge >= 0.3 is 0 Å². The van der Waals surface area contributed by atoms with Crippen LogP contribution in [0.15, 0.2) is 24.3 Å². The van der Waals surface area contributed by atoms with E-state index in [1.165, 1.54) is 7.11 Å². The van der Waals surface area contributed by atoms with E-state index in [4.69, 9.17) is 22.1 Å². The van der Waals surface area contributed by atoms with E-state index in [-0.39, 0.29) is 30.9 Å². The van der Waals surface area contributed by atoms with E-state index >= 15 is 0 Å². The number of benzene rings is 1. The van der Waals surface area contributed by atoms with Crippen LogP contribution >= 0.6 is 24.0 Å². The fourth-order valence-electron chi connectivity index (χ4n) is 1.69. The topological polar surface area (TPSA) is 64.4 Å².